The molecule has 0 aliphatic carbocycles. The van der Waals surface area contributed by atoms with Gasteiger partial charge in [-0.15, -0.1) is 5.10 Å². The molecule has 0 bridgehead atoms. The van der Waals surface area contributed by atoms with Crippen molar-refractivity contribution in [2.24, 2.45) is 0 Å². The molecule has 0 saturated heterocycles. The van der Waals surface area contributed by atoms with Crippen molar-refractivity contribution in [2.45, 2.75) is 6.92 Å². The minimum atomic E-state index is -0.396. The Hall–Kier alpha value is -2.76. The number of benzene rings is 2. The molecule has 0 spiro atoms. The fourth-order valence-corrected chi connectivity index (χ4v) is 2.00. The highest BCUT2D eigenvalue weighted by molar-refractivity contribution is 5.73. The quantitative estimate of drug-likeness (QED) is 0.725. The molecule has 100 valence electrons. The molecule has 0 aliphatic heterocycles. The van der Waals surface area contributed by atoms with Gasteiger partial charge in [0.15, 0.2) is 5.82 Å². The summed E-state index contributed by atoms with van der Waals surface area (Å²) in [7, 11) is 0. The van der Waals surface area contributed by atoms with Gasteiger partial charge in [0.05, 0.1) is 0 Å². The van der Waals surface area contributed by atoms with E-state index in [4.69, 9.17) is 5.73 Å². The van der Waals surface area contributed by atoms with Crippen LogP contribution in [-0.4, -0.2) is 20.2 Å². The van der Waals surface area contributed by atoms with Crippen molar-refractivity contribution in [1.82, 2.24) is 20.2 Å². The lowest BCUT2D eigenvalue weighted by Crippen LogP contribution is -2.04. The zero-order chi connectivity index (χ0) is 14.1. The maximum absolute atomic E-state index is 13.9. The summed E-state index contributed by atoms with van der Waals surface area (Å²) in [5, 5.41) is 11.4. The molecule has 1 aromatic heterocycles. The molecule has 0 saturated carbocycles. The number of para-hydroxylation sites is 1. The lowest BCUT2D eigenvalue weighted by atomic mass is 10.1. The second-order valence-electron chi connectivity index (χ2n) is 4.46. The number of aryl methyl sites for hydroxylation is 1. The van der Waals surface area contributed by atoms with Crippen molar-refractivity contribution in [1.29, 1.82) is 0 Å². The summed E-state index contributed by atoms with van der Waals surface area (Å²) in [4.78, 5) is 0. The topological polar surface area (TPSA) is 69.6 Å². The number of hydrogen-bond donors (Lipinski definition) is 1. The van der Waals surface area contributed by atoms with Crippen LogP contribution in [0.2, 0.25) is 0 Å². The third kappa shape index (κ3) is 2.01. The number of aromatic nitrogens is 4. The second kappa shape index (κ2) is 4.73. The van der Waals surface area contributed by atoms with E-state index in [-0.39, 0.29) is 5.69 Å². The molecule has 0 fully saturated rings. The Balaban J connectivity index is 2.21. The standard InChI is InChI=1S/C14H12FN5/c1-9-6-7-12(16)10(8-9)14-17-18-19-20(14)13-5-3-2-4-11(13)15/h2-8H,16H2,1H3. The van der Waals surface area contributed by atoms with Crippen LogP contribution in [0.5, 0.6) is 0 Å². The number of nitrogens with zero attached hydrogens (tertiary/aromatic N) is 4. The Morgan fingerprint density at radius 1 is 1.15 bits per heavy atom. The summed E-state index contributed by atoms with van der Waals surface area (Å²) in [5.41, 5.74) is 8.50. The molecule has 5 nitrogen and oxygen atoms in total. The summed E-state index contributed by atoms with van der Waals surface area (Å²) < 4.78 is 15.2. The Kier molecular flexibility index (Phi) is 2.90. The van der Waals surface area contributed by atoms with Gasteiger partial charge in [-0.1, -0.05) is 23.8 Å². The van der Waals surface area contributed by atoms with Crippen LogP contribution >= 0.6 is 0 Å². The molecule has 3 rings (SSSR count). The van der Waals surface area contributed by atoms with Crippen molar-refractivity contribution in [3.63, 3.8) is 0 Å². The van der Waals surface area contributed by atoms with Gasteiger partial charge in [0.2, 0.25) is 0 Å². The van der Waals surface area contributed by atoms with Crippen molar-refractivity contribution >= 4 is 5.69 Å². The van der Waals surface area contributed by atoms with Crippen LogP contribution in [0, 0.1) is 12.7 Å². The molecule has 0 unspecified atom stereocenters. The highest BCUT2D eigenvalue weighted by atomic mass is 19.1. The predicted octanol–water partition coefficient (Wildman–Crippen LogP) is 2.36. The fraction of sp³-hybridized carbons (Fsp3) is 0.0714. The van der Waals surface area contributed by atoms with Crippen molar-refractivity contribution in [3.05, 3.63) is 53.8 Å². The van der Waals surface area contributed by atoms with Gasteiger partial charge in [-0.05, 0) is 41.6 Å². The summed E-state index contributed by atoms with van der Waals surface area (Å²) in [6, 6.07) is 11.9. The zero-order valence-corrected chi connectivity index (χ0v) is 10.8. The lowest BCUT2D eigenvalue weighted by Gasteiger charge is -2.08. The van der Waals surface area contributed by atoms with E-state index >= 15 is 0 Å². The maximum atomic E-state index is 13.9. The van der Waals surface area contributed by atoms with Gasteiger partial charge in [0, 0.05) is 11.3 Å². The minimum absolute atomic E-state index is 0.286. The largest absolute Gasteiger partial charge is 0.398 e. The average molecular weight is 269 g/mol. The van der Waals surface area contributed by atoms with Crippen LogP contribution in [0.3, 0.4) is 0 Å². The molecular weight excluding hydrogens is 257 g/mol. The van der Waals surface area contributed by atoms with E-state index in [1.807, 2.05) is 19.1 Å². The predicted molar refractivity (Wildman–Crippen MR) is 73.7 cm³/mol. The number of nitrogens with two attached hydrogens (primary N) is 1. The van der Waals surface area contributed by atoms with Crippen LogP contribution in [0.25, 0.3) is 17.1 Å². The minimum Gasteiger partial charge on any atom is -0.398 e. The van der Waals surface area contributed by atoms with E-state index in [0.29, 0.717) is 17.1 Å². The van der Waals surface area contributed by atoms with E-state index < -0.39 is 5.82 Å². The van der Waals surface area contributed by atoms with Crippen molar-refractivity contribution < 1.29 is 4.39 Å². The van der Waals surface area contributed by atoms with Crippen LogP contribution in [0.1, 0.15) is 5.56 Å². The highest BCUT2D eigenvalue weighted by Gasteiger charge is 2.15. The monoisotopic (exact) mass is 269 g/mol. The Labute approximate surface area is 114 Å². The van der Waals surface area contributed by atoms with Crippen molar-refractivity contribution in [2.75, 3.05) is 5.73 Å². The van der Waals surface area contributed by atoms with Gasteiger partial charge in [-0.3, -0.25) is 0 Å². The molecule has 0 amide bonds. The van der Waals surface area contributed by atoms with E-state index in [1.54, 1.807) is 24.3 Å². The molecule has 2 N–H and O–H groups in total. The first-order valence-electron chi connectivity index (χ1n) is 6.06. The van der Waals surface area contributed by atoms with E-state index in [2.05, 4.69) is 15.5 Å². The van der Waals surface area contributed by atoms with E-state index in [9.17, 15) is 4.39 Å². The molecule has 3 aromatic rings. The number of nitrogen functional groups attached to an aromatic ring is 1. The number of rotatable bonds is 2. The number of tetrazole rings is 1. The third-order valence-corrected chi connectivity index (χ3v) is 3.00. The van der Waals surface area contributed by atoms with Gasteiger partial charge >= 0.3 is 0 Å². The lowest BCUT2D eigenvalue weighted by molar-refractivity contribution is 0.608. The summed E-state index contributed by atoms with van der Waals surface area (Å²) in [6.45, 7) is 1.94. The average Bonchev–Trinajstić information content (AvgIpc) is 2.91. The molecule has 0 radical (unpaired) electrons. The van der Waals surface area contributed by atoms with Crippen LogP contribution in [-0.2, 0) is 0 Å². The molecule has 6 heteroatoms. The van der Waals surface area contributed by atoms with Crippen molar-refractivity contribution in [3.8, 4) is 17.1 Å². The molecule has 0 atom stereocenters. The number of halogens is 1. The Morgan fingerprint density at radius 3 is 2.75 bits per heavy atom. The normalized spacial score (nSPS) is 10.7. The SMILES string of the molecule is Cc1ccc(N)c(-c2nnnn2-c2ccccc2F)c1. The number of anilines is 1. The van der Waals surface area contributed by atoms with Crippen LogP contribution in [0.15, 0.2) is 42.5 Å². The van der Waals surface area contributed by atoms with Gasteiger partial charge in [0.1, 0.15) is 11.5 Å². The first kappa shape index (κ1) is 12.3. The third-order valence-electron chi connectivity index (χ3n) is 3.00. The van der Waals surface area contributed by atoms with Gasteiger partial charge in [-0.2, -0.15) is 4.68 Å². The second-order valence-corrected chi connectivity index (χ2v) is 4.46. The fourth-order valence-electron chi connectivity index (χ4n) is 2.00. The van der Waals surface area contributed by atoms with E-state index in [1.165, 1.54) is 10.7 Å². The van der Waals surface area contributed by atoms with Crippen LogP contribution < -0.4 is 5.73 Å². The first-order valence-corrected chi connectivity index (χ1v) is 6.06. The van der Waals surface area contributed by atoms with Gasteiger partial charge in [0.25, 0.3) is 0 Å². The smallest absolute Gasteiger partial charge is 0.189 e. The van der Waals surface area contributed by atoms with E-state index in [0.717, 1.165) is 5.56 Å². The zero-order valence-electron chi connectivity index (χ0n) is 10.8. The molecule has 2 aromatic carbocycles. The maximum Gasteiger partial charge on any atom is 0.189 e. The summed E-state index contributed by atoms with van der Waals surface area (Å²) >= 11 is 0. The molecule has 1 heterocycles. The molecule has 0 aliphatic rings. The summed E-state index contributed by atoms with van der Waals surface area (Å²) in [5.74, 6) is 0.0172. The Bertz CT molecular complexity index is 766. The van der Waals surface area contributed by atoms with Gasteiger partial charge in [-0.25, -0.2) is 4.39 Å². The highest BCUT2D eigenvalue weighted by Crippen LogP contribution is 2.26. The summed E-state index contributed by atoms with van der Waals surface area (Å²) in [6.07, 6.45) is 0. The first-order chi connectivity index (χ1) is 9.66. The Morgan fingerprint density at radius 2 is 1.95 bits per heavy atom. The molecular formula is C14H12FN5. The van der Waals surface area contributed by atoms with Crippen LogP contribution in [0.4, 0.5) is 10.1 Å². The van der Waals surface area contributed by atoms with Gasteiger partial charge < -0.3 is 5.73 Å². The number of hydrogen-bond acceptors (Lipinski definition) is 4. The molecule has 20 heavy (non-hydrogen) atoms.